The highest BCUT2D eigenvalue weighted by Crippen LogP contribution is 2.21. The number of hydrogen-bond acceptors (Lipinski definition) is 2. The summed E-state index contributed by atoms with van der Waals surface area (Å²) in [6, 6.07) is 9.41. The molecule has 0 amide bonds. The van der Waals surface area contributed by atoms with Gasteiger partial charge in [0, 0.05) is 19.2 Å². The molecule has 0 fully saturated rings. The normalized spacial score (nSPS) is 13.8. The van der Waals surface area contributed by atoms with Gasteiger partial charge in [-0.2, -0.15) is 0 Å². The minimum Gasteiger partial charge on any atom is -0.376 e. The van der Waals surface area contributed by atoms with Gasteiger partial charge in [0.2, 0.25) is 0 Å². The molecule has 0 saturated carbocycles. The zero-order chi connectivity index (χ0) is 15.2. The van der Waals surface area contributed by atoms with Crippen molar-refractivity contribution in [2.24, 2.45) is 0 Å². The average molecular weight is 277 g/mol. The largest absolute Gasteiger partial charge is 0.376 e. The Labute approximate surface area is 124 Å². The molecular weight excluding hydrogens is 246 g/mol. The zero-order valence-electron chi connectivity index (χ0n) is 14.0. The smallest absolute Gasteiger partial charge is 0.0598 e. The monoisotopic (exact) mass is 277 g/mol. The lowest BCUT2D eigenvalue weighted by Gasteiger charge is -2.24. The quantitative estimate of drug-likeness (QED) is 0.803. The van der Waals surface area contributed by atoms with E-state index >= 15 is 0 Å². The first-order valence-corrected chi connectivity index (χ1v) is 7.72. The molecule has 114 valence electrons. The van der Waals surface area contributed by atoms with Gasteiger partial charge in [-0.15, -0.1) is 0 Å². The molecule has 0 spiro atoms. The molecule has 0 aliphatic carbocycles. The molecule has 1 aromatic carbocycles. The number of aryl methyl sites for hydroxylation is 1. The van der Waals surface area contributed by atoms with Gasteiger partial charge >= 0.3 is 0 Å². The molecule has 0 radical (unpaired) electrons. The first kappa shape index (κ1) is 17.2. The zero-order valence-corrected chi connectivity index (χ0v) is 14.0. The van der Waals surface area contributed by atoms with Crippen molar-refractivity contribution in [2.45, 2.75) is 65.5 Å². The van der Waals surface area contributed by atoms with Crippen LogP contribution in [0.1, 0.15) is 58.1 Å². The van der Waals surface area contributed by atoms with E-state index in [-0.39, 0.29) is 5.60 Å². The van der Waals surface area contributed by atoms with Crippen molar-refractivity contribution >= 4 is 0 Å². The van der Waals surface area contributed by atoms with E-state index in [2.05, 4.69) is 71.1 Å². The summed E-state index contributed by atoms with van der Waals surface area (Å²) in [5.41, 5.74) is 2.67. The van der Waals surface area contributed by atoms with Crippen molar-refractivity contribution in [2.75, 3.05) is 13.2 Å². The maximum Gasteiger partial charge on any atom is 0.0598 e. The molecule has 0 bridgehead atoms. The second-order valence-corrected chi connectivity index (χ2v) is 6.92. The first-order valence-electron chi connectivity index (χ1n) is 7.72. The van der Waals surface area contributed by atoms with Gasteiger partial charge in [0.25, 0.3) is 0 Å². The summed E-state index contributed by atoms with van der Waals surface area (Å²) in [6.45, 7) is 14.7. The van der Waals surface area contributed by atoms with E-state index in [0.717, 1.165) is 19.6 Å². The van der Waals surface area contributed by atoms with Crippen LogP contribution in [0.5, 0.6) is 0 Å². The number of benzene rings is 1. The molecule has 2 heteroatoms. The van der Waals surface area contributed by atoms with Crippen LogP contribution in [0.2, 0.25) is 0 Å². The fourth-order valence-corrected chi connectivity index (χ4v) is 2.11. The topological polar surface area (TPSA) is 21.3 Å². The maximum absolute atomic E-state index is 5.88. The predicted molar refractivity (Wildman–Crippen MR) is 87.4 cm³/mol. The van der Waals surface area contributed by atoms with Gasteiger partial charge in [0.15, 0.2) is 0 Å². The maximum atomic E-state index is 5.88. The van der Waals surface area contributed by atoms with E-state index < -0.39 is 0 Å². The Hall–Kier alpha value is -0.860. The van der Waals surface area contributed by atoms with Gasteiger partial charge in [-0.25, -0.2) is 0 Å². The van der Waals surface area contributed by atoms with Gasteiger partial charge < -0.3 is 10.1 Å². The molecule has 1 rings (SSSR count). The Bertz CT molecular complexity index is 375. The van der Waals surface area contributed by atoms with E-state index in [1.165, 1.54) is 11.1 Å². The molecule has 1 atom stereocenters. The fraction of sp³-hybridized carbons (Fsp3) is 0.667. The third-order valence-electron chi connectivity index (χ3n) is 3.32. The third-order valence-corrected chi connectivity index (χ3v) is 3.32. The molecule has 2 nitrogen and oxygen atoms in total. The minimum absolute atomic E-state index is 0.0523. The third kappa shape index (κ3) is 7.06. The van der Waals surface area contributed by atoms with E-state index in [1.54, 1.807) is 0 Å². The Morgan fingerprint density at radius 3 is 2.20 bits per heavy atom. The summed E-state index contributed by atoms with van der Waals surface area (Å²) in [5.74, 6) is 0.514. The highest BCUT2D eigenvalue weighted by atomic mass is 16.5. The summed E-state index contributed by atoms with van der Waals surface area (Å²) in [7, 11) is 0. The summed E-state index contributed by atoms with van der Waals surface area (Å²) in [4.78, 5) is 0. The lowest BCUT2D eigenvalue weighted by Crippen LogP contribution is -2.29. The fourth-order valence-electron chi connectivity index (χ4n) is 2.11. The molecule has 0 heterocycles. The van der Waals surface area contributed by atoms with Crippen LogP contribution < -0.4 is 5.32 Å². The second-order valence-electron chi connectivity index (χ2n) is 6.92. The van der Waals surface area contributed by atoms with Crippen LogP contribution in [0, 0.1) is 6.92 Å². The number of hydrogen-bond donors (Lipinski definition) is 1. The first-order chi connectivity index (χ1) is 9.28. The molecule has 1 aromatic rings. The van der Waals surface area contributed by atoms with Crippen molar-refractivity contribution in [1.29, 1.82) is 0 Å². The number of ether oxygens (including phenoxy) is 1. The van der Waals surface area contributed by atoms with E-state index in [0.29, 0.717) is 12.0 Å². The Kier molecular flexibility index (Phi) is 6.70. The highest BCUT2D eigenvalue weighted by Gasteiger charge is 2.15. The van der Waals surface area contributed by atoms with Gasteiger partial charge in [-0.05, 0) is 45.6 Å². The van der Waals surface area contributed by atoms with Gasteiger partial charge in [-0.1, -0.05) is 43.7 Å². The highest BCUT2D eigenvalue weighted by molar-refractivity contribution is 5.24. The van der Waals surface area contributed by atoms with Crippen LogP contribution in [-0.4, -0.2) is 24.8 Å². The molecule has 0 saturated heterocycles. The summed E-state index contributed by atoms with van der Waals surface area (Å²) >= 11 is 0. The second kappa shape index (κ2) is 7.80. The summed E-state index contributed by atoms with van der Waals surface area (Å²) in [5, 5.41) is 3.55. The standard InChI is InChI=1S/C18H31NO/c1-14(2)19-13-17(11-12-20-18(4,5)6)16-9-7-15(3)8-10-16/h7-10,14,17,19H,11-13H2,1-6H3. The lowest BCUT2D eigenvalue weighted by molar-refractivity contribution is -0.00628. The van der Waals surface area contributed by atoms with Crippen LogP contribution in [0.25, 0.3) is 0 Å². The van der Waals surface area contributed by atoms with Crippen LogP contribution in [-0.2, 0) is 4.74 Å². The van der Waals surface area contributed by atoms with Gasteiger partial charge in [0.05, 0.1) is 5.60 Å². The lowest BCUT2D eigenvalue weighted by atomic mass is 9.95. The number of nitrogens with one attached hydrogen (secondary N) is 1. The van der Waals surface area contributed by atoms with Crippen molar-refractivity contribution in [3.63, 3.8) is 0 Å². The van der Waals surface area contributed by atoms with Crippen LogP contribution in [0.15, 0.2) is 24.3 Å². The molecule has 20 heavy (non-hydrogen) atoms. The van der Waals surface area contributed by atoms with Crippen LogP contribution in [0.4, 0.5) is 0 Å². The molecule has 1 unspecified atom stereocenters. The SMILES string of the molecule is Cc1ccc(C(CCOC(C)(C)C)CNC(C)C)cc1. The molecule has 1 N–H and O–H groups in total. The average Bonchev–Trinajstić information content (AvgIpc) is 2.33. The van der Waals surface area contributed by atoms with Gasteiger partial charge in [-0.3, -0.25) is 0 Å². The molecule has 0 aromatic heterocycles. The summed E-state index contributed by atoms with van der Waals surface area (Å²) < 4.78 is 5.88. The van der Waals surface area contributed by atoms with Crippen molar-refractivity contribution in [3.8, 4) is 0 Å². The van der Waals surface area contributed by atoms with Crippen molar-refractivity contribution in [3.05, 3.63) is 35.4 Å². The van der Waals surface area contributed by atoms with Crippen LogP contribution in [0.3, 0.4) is 0 Å². The van der Waals surface area contributed by atoms with Gasteiger partial charge in [0.1, 0.15) is 0 Å². The van der Waals surface area contributed by atoms with E-state index in [9.17, 15) is 0 Å². The Balaban J connectivity index is 2.62. The van der Waals surface area contributed by atoms with Crippen molar-refractivity contribution in [1.82, 2.24) is 5.32 Å². The van der Waals surface area contributed by atoms with Crippen LogP contribution >= 0.6 is 0 Å². The Morgan fingerprint density at radius 2 is 1.70 bits per heavy atom. The molecule has 0 aliphatic heterocycles. The molecular formula is C18H31NO. The van der Waals surface area contributed by atoms with Crippen molar-refractivity contribution < 1.29 is 4.74 Å². The minimum atomic E-state index is -0.0523. The van der Waals surface area contributed by atoms with E-state index in [4.69, 9.17) is 4.74 Å². The predicted octanol–water partition coefficient (Wildman–Crippen LogP) is 4.28. The summed E-state index contributed by atoms with van der Waals surface area (Å²) in [6.07, 6.45) is 1.06. The van der Waals surface area contributed by atoms with E-state index in [1.807, 2.05) is 0 Å². The Morgan fingerprint density at radius 1 is 1.10 bits per heavy atom. The molecule has 0 aliphatic rings. The number of rotatable bonds is 7.